The molecule has 0 saturated carbocycles. The topological polar surface area (TPSA) is 52.6 Å². The zero-order valence-electron chi connectivity index (χ0n) is 12.2. The van der Waals surface area contributed by atoms with Crippen molar-refractivity contribution in [2.75, 3.05) is 0 Å². The quantitative estimate of drug-likeness (QED) is 0.663. The van der Waals surface area contributed by atoms with Gasteiger partial charge in [0.15, 0.2) is 0 Å². The van der Waals surface area contributed by atoms with Gasteiger partial charge in [-0.3, -0.25) is 0 Å². The average molecular weight is 377 g/mol. The van der Waals surface area contributed by atoms with Gasteiger partial charge >= 0.3 is 121 Å². The van der Waals surface area contributed by atoms with E-state index in [2.05, 4.69) is 13.8 Å². The Morgan fingerprint density at radius 3 is 1.68 bits per heavy atom. The van der Waals surface area contributed by atoms with Gasteiger partial charge < -0.3 is 0 Å². The summed E-state index contributed by atoms with van der Waals surface area (Å²) in [5.74, 6) is -0.282. The molecule has 1 fully saturated rings. The van der Waals surface area contributed by atoms with Gasteiger partial charge in [-0.2, -0.15) is 0 Å². The summed E-state index contributed by atoms with van der Waals surface area (Å²) in [6.45, 7) is 4.22. The van der Waals surface area contributed by atoms with Crippen molar-refractivity contribution in [1.29, 1.82) is 0 Å². The molecule has 0 bridgehead atoms. The van der Waals surface area contributed by atoms with Crippen LogP contribution in [0.15, 0.2) is 0 Å². The van der Waals surface area contributed by atoms with Crippen molar-refractivity contribution in [3.05, 3.63) is 0 Å². The molecule has 0 aromatic heterocycles. The van der Waals surface area contributed by atoms with Crippen LogP contribution >= 0.6 is 0 Å². The number of rotatable bonds is 6. The molecule has 1 aliphatic heterocycles. The molecule has 0 atom stereocenters. The van der Waals surface area contributed by atoms with Crippen molar-refractivity contribution in [2.45, 2.75) is 74.1 Å². The van der Waals surface area contributed by atoms with E-state index in [4.69, 9.17) is 6.15 Å². The number of hydrogen-bond donors (Lipinski definition) is 0. The third kappa shape index (κ3) is 6.15. The summed E-state index contributed by atoms with van der Waals surface area (Å²) in [6, 6.07) is 0. The van der Waals surface area contributed by atoms with Gasteiger partial charge in [0.05, 0.1) is 0 Å². The molecule has 1 heterocycles. The first-order valence-electron chi connectivity index (χ1n) is 7.55. The van der Waals surface area contributed by atoms with E-state index in [-0.39, 0.29) is 11.9 Å². The van der Waals surface area contributed by atoms with E-state index >= 15 is 0 Å². The minimum absolute atomic E-state index is 0.141. The fraction of sp³-hybridized carbons (Fsp3) is 0.857. The molecule has 0 radical (unpaired) electrons. The Kier molecular flexibility index (Phi) is 7.79. The van der Waals surface area contributed by atoms with Crippen molar-refractivity contribution in [2.24, 2.45) is 0 Å². The monoisotopic (exact) mass is 378 g/mol. The van der Waals surface area contributed by atoms with Crippen LogP contribution in [0.4, 0.5) is 0 Å². The average Bonchev–Trinajstić information content (AvgIpc) is 2.44. The Balaban J connectivity index is 2.82. The van der Waals surface area contributed by atoms with E-state index in [1.165, 1.54) is 0 Å². The molecule has 4 nitrogen and oxygen atoms in total. The van der Waals surface area contributed by atoms with Crippen LogP contribution < -0.4 is 0 Å². The number of hydrogen-bond acceptors (Lipinski definition) is 4. The van der Waals surface area contributed by atoms with Gasteiger partial charge in [-0.05, 0) is 0 Å². The second kappa shape index (κ2) is 8.82. The fourth-order valence-corrected chi connectivity index (χ4v) is 12.3. The van der Waals surface area contributed by atoms with E-state index in [0.29, 0.717) is 12.8 Å². The summed E-state index contributed by atoms with van der Waals surface area (Å²) >= 11 is -3.51. The van der Waals surface area contributed by atoms with Crippen LogP contribution in [0, 0.1) is 0 Å². The Hall–Kier alpha value is -0.261. The van der Waals surface area contributed by atoms with Gasteiger partial charge in [0.25, 0.3) is 0 Å². The molecule has 0 N–H and O–H groups in total. The normalized spacial score (nSPS) is 19.9. The minimum atomic E-state index is -3.51. The molecule has 1 rings (SSSR count). The van der Waals surface area contributed by atoms with Crippen LogP contribution in [0.3, 0.4) is 0 Å². The summed E-state index contributed by atoms with van der Waals surface area (Å²) < 4.78 is 13.2. The van der Waals surface area contributed by atoms with Crippen molar-refractivity contribution < 1.29 is 15.7 Å². The second-order valence-electron chi connectivity index (χ2n) is 5.27. The molecule has 0 unspecified atom stereocenters. The van der Waals surface area contributed by atoms with Crippen LogP contribution in [0.2, 0.25) is 8.87 Å². The Labute approximate surface area is 121 Å². The van der Waals surface area contributed by atoms with Gasteiger partial charge in [-0.1, -0.05) is 0 Å². The van der Waals surface area contributed by atoms with Crippen LogP contribution in [-0.4, -0.2) is 31.1 Å². The van der Waals surface area contributed by atoms with E-state index in [1.54, 1.807) is 0 Å². The molecule has 0 amide bonds. The molecule has 1 saturated heterocycles. The van der Waals surface area contributed by atoms with E-state index in [1.807, 2.05) is 0 Å². The first-order valence-corrected chi connectivity index (χ1v) is 13.9. The zero-order chi connectivity index (χ0) is 14.1. The zero-order valence-corrected chi connectivity index (χ0v) is 15.1. The summed E-state index contributed by atoms with van der Waals surface area (Å²) in [6.07, 6.45) is 6.40. The van der Waals surface area contributed by atoms with E-state index in [9.17, 15) is 9.59 Å². The summed E-state index contributed by atoms with van der Waals surface area (Å²) in [7, 11) is 0. The number of carbonyl (C=O) groups is 2. The van der Waals surface area contributed by atoms with Crippen LogP contribution in [0.5, 0.6) is 0 Å². The summed E-state index contributed by atoms with van der Waals surface area (Å²) in [5, 5.41) is 0. The third-order valence-electron chi connectivity index (χ3n) is 3.43. The standard InChI is InChI=1S/C6H10O4.2C4H9.Sn/c7-5(8)3-1-2-4-6(9)10;2*1-3-4-2;/h1-4H2,(H,7,8)(H,9,10);2*1,3-4H2,2H3;/q;;;+2/p-2. The summed E-state index contributed by atoms with van der Waals surface area (Å²) in [4.78, 5) is 23.8. The van der Waals surface area contributed by atoms with Gasteiger partial charge in [0.1, 0.15) is 0 Å². The summed E-state index contributed by atoms with van der Waals surface area (Å²) in [5.41, 5.74) is 0. The molecule has 5 heteroatoms. The maximum absolute atomic E-state index is 11.9. The molecular weight excluding hydrogens is 351 g/mol. The van der Waals surface area contributed by atoms with Crippen LogP contribution in [-0.2, 0) is 15.7 Å². The SMILES string of the molecule is CCC[CH2][Sn]1([CH2]CCC)[O]C(=O)CCCCC(=O)[O]1. The van der Waals surface area contributed by atoms with Gasteiger partial charge in [0, 0.05) is 0 Å². The third-order valence-corrected chi connectivity index (χ3v) is 13.2. The van der Waals surface area contributed by atoms with Crippen molar-refractivity contribution in [1.82, 2.24) is 0 Å². The van der Waals surface area contributed by atoms with E-state index in [0.717, 1.165) is 47.4 Å². The Morgan fingerprint density at radius 1 is 0.895 bits per heavy atom. The maximum atomic E-state index is 11.9. The molecule has 110 valence electrons. The van der Waals surface area contributed by atoms with Crippen LogP contribution in [0.25, 0.3) is 0 Å². The molecule has 0 spiro atoms. The molecule has 0 aliphatic carbocycles. The Morgan fingerprint density at radius 2 is 1.32 bits per heavy atom. The second-order valence-corrected chi connectivity index (χ2v) is 14.5. The van der Waals surface area contributed by atoms with Gasteiger partial charge in [0.2, 0.25) is 0 Å². The van der Waals surface area contributed by atoms with Gasteiger partial charge in [-0.15, -0.1) is 0 Å². The molecule has 0 aromatic carbocycles. The number of carbonyl (C=O) groups excluding carboxylic acids is 2. The first-order chi connectivity index (χ1) is 9.12. The number of unbranched alkanes of at least 4 members (excludes halogenated alkanes) is 2. The van der Waals surface area contributed by atoms with Gasteiger partial charge in [-0.25, -0.2) is 0 Å². The van der Waals surface area contributed by atoms with Crippen molar-refractivity contribution in [3.63, 3.8) is 0 Å². The van der Waals surface area contributed by atoms with Crippen molar-refractivity contribution in [3.8, 4) is 0 Å². The van der Waals surface area contributed by atoms with Crippen LogP contribution in [0.1, 0.15) is 65.2 Å². The fourth-order valence-electron chi connectivity index (χ4n) is 2.30. The first kappa shape index (κ1) is 16.8. The molecular formula is C14H26O4Sn. The Bertz CT molecular complexity index is 274. The van der Waals surface area contributed by atoms with E-state index < -0.39 is 19.2 Å². The predicted molar refractivity (Wildman–Crippen MR) is 75.8 cm³/mol. The molecule has 19 heavy (non-hydrogen) atoms. The predicted octanol–water partition coefficient (Wildman–Crippen LogP) is 3.69. The molecule has 0 aromatic rings. The van der Waals surface area contributed by atoms with Crippen molar-refractivity contribution >= 4 is 31.1 Å². The molecule has 1 aliphatic rings.